The maximum Gasteiger partial charge on any atom is 0.185 e. The second-order valence-electron chi connectivity index (χ2n) is 10.7. The number of carbonyl (C=O) groups excluding carboxylic acids is 3. The molecule has 2 aliphatic heterocycles. The molecule has 196 valence electrons. The maximum atomic E-state index is 14.7. The molecule has 6 heteroatoms. The fraction of sp³-hybridized carbons (Fsp3) is 0.147. The first-order valence-corrected chi connectivity index (χ1v) is 13.9. The van der Waals surface area contributed by atoms with E-state index in [0.717, 1.165) is 16.8 Å². The molecule has 3 atom stereocenters. The first kappa shape index (κ1) is 25.0. The Labute approximate surface area is 241 Å². The summed E-state index contributed by atoms with van der Waals surface area (Å²) >= 11 is 13.2. The van der Waals surface area contributed by atoms with E-state index in [1.165, 1.54) is 0 Å². The number of Topliss-reactive ketones (excluding diaryl/α,β-unsaturated/α-hetero) is 3. The molecule has 0 bridgehead atoms. The number of halogens is 2. The van der Waals surface area contributed by atoms with Crippen LogP contribution in [0.4, 0.5) is 5.69 Å². The molecule has 2 heterocycles. The van der Waals surface area contributed by atoms with Crippen molar-refractivity contribution in [1.82, 2.24) is 0 Å². The molecule has 1 aliphatic carbocycles. The Hall–Kier alpha value is -3.99. The van der Waals surface area contributed by atoms with Crippen molar-refractivity contribution in [3.05, 3.63) is 140 Å². The molecule has 0 saturated carbocycles. The number of hydrogen-bond acceptors (Lipinski definition) is 4. The van der Waals surface area contributed by atoms with Gasteiger partial charge < -0.3 is 4.90 Å². The molecule has 4 nitrogen and oxygen atoms in total. The van der Waals surface area contributed by atoms with E-state index in [1.807, 2.05) is 60.4 Å². The first-order chi connectivity index (χ1) is 19.3. The van der Waals surface area contributed by atoms with Gasteiger partial charge in [-0.25, -0.2) is 0 Å². The molecule has 1 spiro atoms. The van der Waals surface area contributed by atoms with Crippen LogP contribution in [-0.4, -0.2) is 29.4 Å². The summed E-state index contributed by atoms with van der Waals surface area (Å²) in [4.78, 5) is 45.9. The molecule has 4 aromatic rings. The number of fused-ring (bicyclic) bond motifs is 5. The number of para-hydroxylation sites is 1. The number of carbonyl (C=O) groups is 3. The summed E-state index contributed by atoms with van der Waals surface area (Å²) in [6, 6.07) is 25.5. The van der Waals surface area contributed by atoms with Crippen LogP contribution in [0.1, 0.15) is 53.7 Å². The van der Waals surface area contributed by atoms with E-state index in [-0.39, 0.29) is 17.3 Å². The molecule has 7 rings (SSSR count). The van der Waals surface area contributed by atoms with Gasteiger partial charge in [0.25, 0.3) is 0 Å². The highest BCUT2D eigenvalue weighted by atomic mass is 35.5. The van der Waals surface area contributed by atoms with Gasteiger partial charge in [-0.1, -0.05) is 114 Å². The molecule has 0 N–H and O–H groups in total. The Balaban J connectivity index is 1.56. The third-order valence-corrected chi connectivity index (χ3v) is 9.18. The van der Waals surface area contributed by atoms with Gasteiger partial charge in [-0.2, -0.15) is 0 Å². The third kappa shape index (κ3) is 3.30. The fourth-order valence-corrected chi connectivity index (χ4v) is 7.43. The maximum absolute atomic E-state index is 14.7. The number of rotatable bonds is 3. The van der Waals surface area contributed by atoms with E-state index in [0.29, 0.717) is 32.3 Å². The van der Waals surface area contributed by atoms with Crippen molar-refractivity contribution in [3.63, 3.8) is 0 Å². The standard InChI is InChI=1S/C34H23Cl2NO3/c1-19-10-12-21(13-11-19)31(38)30-29(25-16-15-22(35)18-26(25)36)34(32(39)23-7-3-4-8-24(23)33(34)40)28-17-14-20-6-2-5-9-27(20)37(28)30/h2-18,28-30H,1H3. The van der Waals surface area contributed by atoms with Crippen LogP contribution in [0, 0.1) is 12.3 Å². The summed E-state index contributed by atoms with van der Waals surface area (Å²) < 4.78 is 0. The number of ketones is 3. The zero-order valence-corrected chi connectivity index (χ0v) is 23.0. The summed E-state index contributed by atoms with van der Waals surface area (Å²) in [7, 11) is 0. The number of benzene rings is 4. The monoisotopic (exact) mass is 563 g/mol. The van der Waals surface area contributed by atoms with E-state index in [9.17, 15) is 14.4 Å². The summed E-state index contributed by atoms with van der Waals surface area (Å²) in [5, 5.41) is 0.741. The van der Waals surface area contributed by atoms with Gasteiger partial charge in [-0.15, -0.1) is 0 Å². The van der Waals surface area contributed by atoms with E-state index in [1.54, 1.807) is 54.6 Å². The Bertz CT molecular complexity index is 1740. The van der Waals surface area contributed by atoms with Crippen molar-refractivity contribution in [2.75, 3.05) is 4.90 Å². The second-order valence-corrected chi connectivity index (χ2v) is 11.5. The molecule has 1 saturated heterocycles. The van der Waals surface area contributed by atoms with Gasteiger partial charge in [0.15, 0.2) is 17.3 Å². The fourth-order valence-electron chi connectivity index (χ4n) is 6.90. The van der Waals surface area contributed by atoms with Crippen molar-refractivity contribution < 1.29 is 14.4 Å². The molecule has 0 radical (unpaired) electrons. The predicted octanol–water partition coefficient (Wildman–Crippen LogP) is 7.62. The van der Waals surface area contributed by atoms with Crippen molar-refractivity contribution in [1.29, 1.82) is 0 Å². The molecule has 0 amide bonds. The minimum absolute atomic E-state index is 0.181. The molecule has 4 aromatic carbocycles. The Morgan fingerprint density at radius 3 is 2.15 bits per heavy atom. The van der Waals surface area contributed by atoms with Gasteiger partial charge in [0.2, 0.25) is 0 Å². The lowest BCUT2D eigenvalue weighted by Crippen LogP contribution is -2.48. The normalized spacial score (nSPS) is 21.9. The van der Waals surface area contributed by atoms with Crippen molar-refractivity contribution in [3.8, 4) is 0 Å². The second kappa shape index (κ2) is 9.02. The van der Waals surface area contributed by atoms with Crippen LogP contribution in [0.3, 0.4) is 0 Å². The summed E-state index contributed by atoms with van der Waals surface area (Å²) in [6.07, 6.45) is 3.85. The van der Waals surface area contributed by atoms with E-state index >= 15 is 0 Å². The van der Waals surface area contributed by atoms with Gasteiger partial charge >= 0.3 is 0 Å². The van der Waals surface area contributed by atoms with Crippen LogP contribution in [0.25, 0.3) is 6.08 Å². The van der Waals surface area contributed by atoms with E-state index < -0.39 is 23.4 Å². The summed E-state index contributed by atoms with van der Waals surface area (Å²) in [5.41, 5.74) is 2.93. The predicted molar refractivity (Wildman–Crippen MR) is 158 cm³/mol. The zero-order chi connectivity index (χ0) is 27.8. The van der Waals surface area contributed by atoms with E-state index in [2.05, 4.69) is 0 Å². The van der Waals surface area contributed by atoms with Crippen LogP contribution in [0.5, 0.6) is 0 Å². The van der Waals surface area contributed by atoms with Crippen LogP contribution in [-0.2, 0) is 0 Å². The topological polar surface area (TPSA) is 54.5 Å². The minimum Gasteiger partial charge on any atom is -0.352 e. The molecular weight excluding hydrogens is 541 g/mol. The zero-order valence-electron chi connectivity index (χ0n) is 21.5. The van der Waals surface area contributed by atoms with Crippen molar-refractivity contribution in [2.45, 2.75) is 24.9 Å². The minimum atomic E-state index is -1.60. The van der Waals surface area contributed by atoms with Crippen molar-refractivity contribution >= 4 is 52.3 Å². The van der Waals surface area contributed by atoms with Gasteiger partial charge in [0, 0.05) is 38.3 Å². The highest BCUT2D eigenvalue weighted by Crippen LogP contribution is 2.61. The van der Waals surface area contributed by atoms with Crippen LogP contribution < -0.4 is 4.90 Å². The lowest BCUT2D eigenvalue weighted by atomic mass is 9.64. The quantitative estimate of drug-likeness (QED) is 0.190. The number of aryl methyl sites for hydroxylation is 1. The average molecular weight is 564 g/mol. The van der Waals surface area contributed by atoms with Crippen LogP contribution in [0.15, 0.2) is 97.1 Å². The highest BCUT2D eigenvalue weighted by molar-refractivity contribution is 6.36. The number of anilines is 1. The molecule has 40 heavy (non-hydrogen) atoms. The number of hydrogen-bond donors (Lipinski definition) is 0. The summed E-state index contributed by atoms with van der Waals surface area (Å²) in [6.45, 7) is 1.96. The molecule has 3 unspecified atom stereocenters. The van der Waals surface area contributed by atoms with Crippen molar-refractivity contribution in [2.24, 2.45) is 5.41 Å². The lowest BCUT2D eigenvalue weighted by molar-refractivity contribution is 0.0666. The van der Waals surface area contributed by atoms with Gasteiger partial charge in [-0.05, 0) is 36.2 Å². The van der Waals surface area contributed by atoms with Gasteiger partial charge in [0.1, 0.15) is 11.5 Å². The Kier molecular flexibility index (Phi) is 5.64. The van der Waals surface area contributed by atoms with Gasteiger partial charge in [-0.3, -0.25) is 14.4 Å². The smallest absolute Gasteiger partial charge is 0.185 e. The Morgan fingerprint density at radius 2 is 1.48 bits per heavy atom. The molecule has 1 fully saturated rings. The van der Waals surface area contributed by atoms with Crippen LogP contribution in [0.2, 0.25) is 10.0 Å². The SMILES string of the molecule is Cc1ccc(C(=O)C2C(c3ccc(Cl)cc3Cl)C3(C(=O)c4ccccc4C3=O)C3C=Cc4ccccc4N23)cc1. The highest BCUT2D eigenvalue weighted by Gasteiger charge is 2.71. The molecular formula is C34H23Cl2NO3. The van der Waals surface area contributed by atoms with Crippen LogP contribution >= 0.6 is 23.2 Å². The summed E-state index contributed by atoms with van der Waals surface area (Å²) in [5.74, 6) is -1.64. The van der Waals surface area contributed by atoms with E-state index in [4.69, 9.17) is 23.2 Å². The lowest BCUT2D eigenvalue weighted by Gasteiger charge is -2.37. The molecule has 0 aromatic heterocycles. The third-order valence-electron chi connectivity index (χ3n) is 8.62. The average Bonchev–Trinajstić information content (AvgIpc) is 3.39. The first-order valence-electron chi connectivity index (χ1n) is 13.1. The molecule has 3 aliphatic rings. The largest absolute Gasteiger partial charge is 0.352 e. The van der Waals surface area contributed by atoms with Gasteiger partial charge in [0.05, 0.1) is 6.04 Å². The number of nitrogens with zero attached hydrogens (tertiary/aromatic N) is 1. The Morgan fingerprint density at radius 1 is 0.825 bits per heavy atom.